The van der Waals surface area contributed by atoms with E-state index in [0.29, 0.717) is 30.7 Å². The van der Waals surface area contributed by atoms with Crippen LogP contribution in [0.3, 0.4) is 0 Å². The number of likely N-dealkylation sites (tertiary alicyclic amines) is 1. The lowest BCUT2D eigenvalue weighted by molar-refractivity contribution is -0.384. The predicted octanol–water partition coefficient (Wildman–Crippen LogP) is 1.88. The fourth-order valence-electron chi connectivity index (χ4n) is 3.44. The number of amides is 1. The van der Waals surface area contributed by atoms with Crippen molar-refractivity contribution in [2.75, 3.05) is 36.8 Å². The van der Waals surface area contributed by atoms with Crippen LogP contribution in [0.1, 0.15) is 20.8 Å². The van der Waals surface area contributed by atoms with E-state index in [1.807, 2.05) is 20.8 Å². The van der Waals surface area contributed by atoms with Gasteiger partial charge in [0.1, 0.15) is 11.4 Å². The van der Waals surface area contributed by atoms with Crippen molar-refractivity contribution in [1.29, 1.82) is 0 Å². The zero-order chi connectivity index (χ0) is 18.4. The first kappa shape index (κ1) is 17.2. The van der Waals surface area contributed by atoms with Gasteiger partial charge in [-0.15, -0.1) is 0 Å². The van der Waals surface area contributed by atoms with Crippen LogP contribution in [0, 0.1) is 22.0 Å². The van der Waals surface area contributed by atoms with Gasteiger partial charge in [0.15, 0.2) is 0 Å². The van der Waals surface area contributed by atoms with E-state index in [9.17, 15) is 14.9 Å². The third-order valence-electron chi connectivity index (χ3n) is 4.55. The molecular weight excluding hydrogens is 326 g/mol. The maximum absolute atomic E-state index is 12.2. The number of nitro groups is 1. The van der Waals surface area contributed by atoms with Crippen molar-refractivity contribution >= 4 is 23.4 Å². The monoisotopic (exact) mass is 349 g/mol. The van der Waals surface area contributed by atoms with Gasteiger partial charge in [-0.3, -0.25) is 10.1 Å². The molecule has 2 atom stereocenters. The van der Waals surface area contributed by atoms with Crippen molar-refractivity contribution in [3.63, 3.8) is 0 Å². The lowest BCUT2D eigenvalue weighted by atomic mass is 10.0. The Hall–Kier alpha value is -2.58. The molecule has 136 valence electrons. The third kappa shape index (κ3) is 3.59. The standard InChI is InChI=1S/C16H23N5O4/c1-16(2,3)25-15(22)20-8-10-6-19(7-11(10)9-20)13-5-4-12(21(23)24)14(17)18-13/h4-5,10-11H,6-9H2,1-3H3,(H2,17,18). The van der Waals surface area contributed by atoms with Crippen molar-refractivity contribution in [3.05, 3.63) is 22.2 Å². The van der Waals surface area contributed by atoms with Crippen LogP contribution < -0.4 is 10.6 Å². The number of hydrogen-bond donors (Lipinski definition) is 1. The minimum atomic E-state index is -0.538. The molecule has 1 amide bonds. The van der Waals surface area contributed by atoms with Gasteiger partial charge in [0.2, 0.25) is 5.82 Å². The van der Waals surface area contributed by atoms with Gasteiger partial charge in [-0.1, -0.05) is 0 Å². The Bertz CT molecular complexity index is 688. The zero-order valence-corrected chi connectivity index (χ0v) is 14.6. The molecule has 0 bridgehead atoms. The summed E-state index contributed by atoms with van der Waals surface area (Å²) < 4.78 is 5.43. The van der Waals surface area contributed by atoms with E-state index >= 15 is 0 Å². The highest BCUT2D eigenvalue weighted by molar-refractivity contribution is 5.68. The zero-order valence-electron chi connectivity index (χ0n) is 14.6. The number of pyridine rings is 1. The van der Waals surface area contributed by atoms with Gasteiger partial charge >= 0.3 is 11.8 Å². The van der Waals surface area contributed by atoms with Gasteiger partial charge in [0.05, 0.1) is 4.92 Å². The molecular formula is C16H23N5O4. The molecule has 2 N–H and O–H groups in total. The van der Waals surface area contributed by atoms with E-state index in [0.717, 1.165) is 13.1 Å². The number of fused-ring (bicyclic) bond motifs is 1. The Balaban J connectivity index is 1.63. The van der Waals surface area contributed by atoms with Crippen LogP contribution >= 0.6 is 0 Å². The lowest BCUT2D eigenvalue weighted by Gasteiger charge is -2.26. The van der Waals surface area contributed by atoms with Crippen molar-refractivity contribution in [2.24, 2.45) is 11.8 Å². The molecule has 3 rings (SSSR count). The highest BCUT2D eigenvalue weighted by atomic mass is 16.6. The lowest BCUT2D eigenvalue weighted by Crippen LogP contribution is -2.37. The molecule has 2 saturated heterocycles. The van der Waals surface area contributed by atoms with E-state index in [1.165, 1.54) is 6.07 Å². The van der Waals surface area contributed by atoms with Crippen LogP contribution in [0.25, 0.3) is 0 Å². The fraction of sp³-hybridized carbons (Fsp3) is 0.625. The minimum absolute atomic E-state index is 0.0741. The Kier molecular flexibility index (Phi) is 4.18. The SMILES string of the molecule is CC(C)(C)OC(=O)N1CC2CN(c3ccc([N+](=O)[O-])c(N)n3)CC2C1. The number of nitrogen functional groups attached to an aromatic ring is 1. The summed E-state index contributed by atoms with van der Waals surface area (Å²) in [5, 5.41) is 10.8. The van der Waals surface area contributed by atoms with E-state index in [2.05, 4.69) is 9.88 Å². The number of carbonyl (C=O) groups excluding carboxylic acids is 1. The minimum Gasteiger partial charge on any atom is -0.444 e. The predicted molar refractivity (Wildman–Crippen MR) is 92.3 cm³/mol. The maximum Gasteiger partial charge on any atom is 0.410 e. The number of nitrogens with zero attached hydrogens (tertiary/aromatic N) is 4. The quantitative estimate of drug-likeness (QED) is 0.640. The molecule has 3 heterocycles. The Labute approximate surface area is 145 Å². The largest absolute Gasteiger partial charge is 0.444 e. The van der Waals surface area contributed by atoms with Crippen molar-refractivity contribution in [3.8, 4) is 0 Å². The maximum atomic E-state index is 12.2. The number of nitrogens with two attached hydrogens (primary N) is 1. The van der Waals surface area contributed by atoms with Gasteiger partial charge in [0.25, 0.3) is 0 Å². The molecule has 2 unspecified atom stereocenters. The molecule has 0 saturated carbocycles. The second-order valence-corrected chi connectivity index (χ2v) is 7.64. The summed E-state index contributed by atoms with van der Waals surface area (Å²) in [5.41, 5.74) is 5.00. The Morgan fingerprint density at radius 2 is 1.88 bits per heavy atom. The molecule has 25 heavy (non-hydrogen) atoms. The normalized spacial score (nSPS) is 22.8. The molecule has 9 nitrogen and oxygen atoms in total. The summed E-state index contributed by atoms with van der Waals surface area (Å²) >= 11 is 0. The highest BCUT2D eigenvalue weighted by Gasteiger charge is 2.43. The van der Waals surface area contributed by atoms with Gasteiger partial charge in [-0.25, -0.2) is 9.78 Å². The summed E-state index contributed by atoms with van der Waals surface area (Å²) in [6, 6.07) is 3.01. The van der Waals surface area contributed by atoms with Crippen LogP contribution in [0.2, 0.25) is 0 Å². The van der Waals surface area contributed by atoms with Crippen LogP contribution in [-0.2, 0) is 4.74 Å². The van der Waals surface area contributed by atoms with Crippen LogP contribution in [0.4, 0.5) is 22.1 Å². The molecule has 2 aliphatic heterocycles. The fourth-order valence-corrected chi connectivity index (χ4v) is 3.44. The van der Waals surface area contributed by atoms with Gasteiger partial charge in [-0.05, 0) is 26.8 Å². The van der Waals surface area contributed by atoms with Crippen LogP contribution in [-0.4, -0.2) is 52.7 Å². The van der Waals surface area contributed by atoms with Crippen LogP contribution in [0.5, 0.6) is 0 Å². The van der Waals surface area contributed by atoms with E-state index in [-0.39, 0.29) is 17.6 Å². The summed E-state index contributed by atoms with van der Waals surface area (Å²) in [6.07, 6.45) is -0.272. The average Bonchev–Trinajstić information content (AvgIpc) is 3.03. The molecule has 0 spiro atoms. The molecule has 2 aliphatic rings. The molecule has 0 aliphatic carbocycles. The molecule has 0 radical (unpaired) electrons. The van der Waals surface area contributed by atoms with Gasteiger partial charge < -0.3 is 20.3 Å². The first-order valence-corrected chi connectivity index (χ1v) is 8.28. The van der Waals surface area contributed by atoms with Crippen molar-refractivity contribution in [2.45, 2.75) is 26.4 Å². The Morgan fingerprint density at radius 3 is 2.36 bits per heavy atom. The summed E-state index contributed by atoms with van der Waals surface area (Å²) in [6.45, 7) is 8.36. The molecule has 1 aromatic rings. The molecule has 2 fully saturated rings. The smallest absolute Gasteiger partial charge is 0.410 e. The van der Waals surface area contributed by atoms with Crippen LogP contribution in [0.15, 0.2) is 12.1 Å². The number of hydrogen-bond acceptors (Lipinski definition) is 7. The summed E-state index contributed by atoms with van der Waals surface area (Å²) in [4.78, 5) is 30.5. The van der Waals surface area contributed by atoms with E-state index in [1.54, 1.807) is 11.0 Å². The second-order valence-electron chi connectivity index (χ2n) is 7.64. The Morgan fingerprint density at radius 1 is 1.28 bits per heavy atom. The number of carbonyl (C=O) groups is 1. The second kappa shape index (κ2) is 6.05. The number of anilines is 2. The summed E-state index contributed by atoms with van der Waals surface area (Å²) in [7, 11) is 0. The van der Waals surface area contributed by atoms with Crippen molar-refractivity contribution < 1.29 is 14.5 Å². The first-order valence-electron chi connectivity index (χ1n) is 8.28. The topological polar surface area (TPSA) is 115 Å². The number of rotatable bonds is 2. The first-order chi connectivity index (χ1) is 11.6. The van der Waals surface area contributed by atoms with Crippen molar-refractivity contribution in [1.82, 2.24) is 9.88 Å². The molecule has 9 heteroatoms. The molecule has 1 aromatic heterocycles. The number of aromatic nitrogens is 1. The average molecular weight is 349 g/mol. The highest BCUT2D eigenvalue weighted by Crippen LogP contribution is 2.35. The van der Waals surface area contributed by atoms with Gasteiger partial charge in [0, 0.05) is 44.1 Å². The van der Waals surface area contributed by atoms with E-state index in [4.69, 9.17) is 10.5 Å². The van der Waals surface area contributed by atoms with E-state index < -0.39 is 10.5 Å². The number of ether oxygens (including phenoxy) is 1. The third-order valence-corrected chi connectivity index (χ3v) is 4.55. The van der Waals surface area contributed by atoms with Gasteiger partial charge in [-0.2, -0.15) is 0 Å². The summed E-state index contributed by atoms with van der Waals surface area (Å²) in [5.74, 6) is 1.24. The molecule has 0 aromatic carbocycles.